The van der Waals surface area contributed by atoms with Crippen LogP contribution < -0.4 is 18.9 Å². The van der Waals surface area contributed by atoms with Crippen LogP contribution in [0.5, 0.6) is 0 Å². The molecule has 0 aliphatic rings. The zero-order valence-corrected chi connectivity index (χ0v) is 11.4. The summed E-state index contributed by atoms with van der Waals surface area (Å²) in [6.45, 7) is 0. The largest absolute Gasteiger partial charge is 1.00 e. The molecule has 0 aliphatic heterocycles. The molecule has 0 amide bonds. The van der Waals surface area contributed by atoms with Gasteiger partial charge in [0.25, 0.3) is 0 Å². The predicted molar refractivity (Wildman–Crippen MR) is 43.5 cm³/mol. The summed E-state index contributed by atoms with van der Waals surface area (Å²) in [5, 5.41) is -7.52. The number of halogens is 13. The molecule has 0 fully saturated rings. The van der Waals surface area contributed by atoms with E-state index < -0.39 is 45.2 Å². The summed E-state index contributed by atoms with van der Waals surface area (Å²) in [6, 6.07) is 0. The van der Waals surface area contributed by atoms with Crippen molar-refractivity contribution in [2.75, 3.05) is 0 Å². The Morgan fingerprint density at radius 3 is 1.04 bits per heavy atom. The minimum atomic E-state index is -8.25. The number of alkyl halides is 13. The maximum atomic E-state index is 12.7. The Morgan fingerprint density at radius 1 is 0.583 bits per heavy atom. The van der Waals surface area contributed by atoms with Gasteiger partial charge in [0, 0.05) is 0 Å². The van der Waals surface area contributed by atoms with Gasteiger partial charge in [-0.05, 0) is 0 Å². The van der Waals surface area contributed by atoms with Crippen LogP contribution in [0.4, 0.5) is 57.1 Å². The third-order valence-electron chi connectivity index (χ3n) is 2.23. The molecule has 142 valence electrons. The minimum Gasteiger partial charge on any atom is -1.00 e. The Labute approximate surface area is 136 Å². The van der Waals surface area contributed by atoms with Gasteiger partial charge in [-0.1, -0.05) is 0 Å². The van der Waals surface area contributed by atoms with E-state index in [2.05, 4.69) is 0 Å². The van der Waals surface area contributed by atoms with E-state index in [4.69, 9.17) is 4.55 Å². The third-order valence-corrected chi connectivity index (χ3v) is 3.13. The van der Waals surface area contributed by atoms with Crippen LogP contribution in [0.15, 0.2) is 0 Å². The fourth-order valence-corrected chi connectivity index (χ4v) is 1.37. The molecule has 0 saturated carbocycles. The molecule has 0 heterocycles. The molecular weight excluding hydrogens is 406 g/mol. The van der Waals surface area contributed by atoms with E-state index in [0.29, 0.717) is 0 Å². The molecule has 24 heavy (non-hydrogen) atoms. The number of hydrogen-bond acceptors (Lipinski definition) is 2. The van der Waals surface area contributed by atoms with Gasteiger partial charge in [0.1, 0.15) is 0 Å². The second kappa shape index (κ2) is 6.09. The molecule has 0 saturated heterocycles. The summed E-state index contributed by atoms with van der Waals surface area (Å²) >= 11 is 0. The van der Waals surface area contributed by atoms with Crippen LogP contribution in [-0.4, -0.2) is 48.1 Å². The molecule has 0 aliphatic carbocycles. The van der Waals surface area contributed by atoms with E-state index in [1.807, 2.05) is 0 Å². The number of hydrogen-bond donors (Lipinski definition) is 1. The summed E-state index contributed by atoms with van der Waals surface area (Å²) < 4.78 is 188. The Hall–Kier alpha value is -0.403. The molecule has 0 aromatic rings. The Morgan fingerprint density at radius 2 is 0.833 bits per heavy atom. The molecule has 0 spiro atoms. The van der Waals surface area contributed by atoms with E-state index >= 15 is 0 Å². The molecule has 0 aromatic carbocycles. The normalized spacial score (nSPS) is 15.9. The number of rotatable bonds is 5. The zero-order chi connectivity index (χ0) is 19.5. The molecule has 0 atom stereocenters. The second-order valence-electron chi connectivity index (χ2n) is 3.79. The van der Waals surface area contributed by atoms with Crippen LogP contribution in [0.2, 0.25) is 0 Å². The fourth-order valence-electron chi connectivity index (χ4n) is 0.917. The maximum absolute atomic E-state index is 12.7. The average Bonchev–Trinajstić information content (AvgIpc) is 2.24. The van der Waals surface area contributed by atoms with Crippen molar-refractivity contribution in [2.24, 2.45) is 0 Å². The van der Waals surface area contributed by atoms with Crippen LogP contribution in [0.25, 0.3) is 0 Å². The maximum Gasteiger partial charge on any atom is 1.00 e. The second-order valence-corrected chi connectivity index (χ2v) is 5.25. The third kappa shape index (κ3) is 3.19. The van der Waals surface area contributed by atoms with Gasteiger partial charge >= 0.3 is 64.1 Å². The van der Waals surface area contributed by atoms with E-state index in [1.165, 1.54) is 0 Å². The summed E-state index contributed by atoms with van der Waals surface area (Å²) in [4.78, 5) is 0. The van der Waals surface area contributed by atoms with E-state index in [9.17, 15) is 65.5 Å². The van der Waals surface area contributed by atoms with Crippen molar-refractivity contribution in [1.29, 1.82) is 0 Å². The monoisotopic (exact) mass is 408 g/mol. The summed E-state index contributed by atoms with van der Waals surface area (Å²) in [7, 11) is -7.61. The van der Waals surface area contributed by atoms with Gasteiger partial charge in [-0.25, -0.2) is 0 Å². The molecule has 0 rings (SSSR count). The average molecular weight is 408 g/mol. The van der Waals surface area contributed by atoms with Crippen LogP contribution >= 0.6 is 0 Å². The minimum absolute atomic E-state index is 0. The van der Waals surface area contributed by atoms with Crippen molar-refractivity contribution >= 4 is 10.1 Å². The smallest absolute Gasteiger partial charge is 1.00 e. The summed E-state index contributed by atoms with van der Waals surface area (Å²) in [6.07, 6.45) is -7.59. The molecule has 0 unspecified atom stereocenters. The molecular formula is C6H2F13LiO3S. The Balaban J connectivity index is -0.00000242. The van der Waals surface area contributed by atoms with E-state index in [-0.39, 0.29) is 20.3 Å². The van der Waals surface area contributed by atoms with Crippen molar-refractivity contribution in [3.05, 3.63) is 0 Å². The SMILES string of the molecule is O=S(=O)(O)C(F)(F)C(F)(F)C(F)(F)C(F)(F)C(F)(F)C(F)(F)F.[H-].[Li+]. The predicted octanol–water partition coefficient (Wildman–Crippen LogP) is 0.687. The van der Waals surface area contributed by atoms with Crippen molar-refractivity contribution in [1.82, 2.24) is 0 Å². The van der Waals surface area contributed by atoms with Gasteiger partial charge in [-0.15, -0.1) is 0 Å². The Kier molecular flexibility index (Phi) is 6.56. The quantitative estimate of drug-likeness (QED) is 0.414. The van der Waals surface area contributed by atoms with Gasteiger partial charge < -0.3 is 1.43 Å². The van der Waals surface area contributed by atoms with Gasteiger partial charge in [0.15, 0.2) is 0 Å². The zero-order valence-electron chi connectivity index (χ0n) is 11.6. The van der Waals surface area contributed by atoms with Gasteiger partial charge in [0.2, 0.25) is 0 Å². The molecule has 0 radical (unpaired) electrons. The molecule has 1 N–H and O–H groups in total. The van der Waals surface area contributed by atoms with Crippen LogP contribution in [0.1, 0.15) is 1.43 Å². The summed E-state index contributed by atoms with van der Waals surface area (Å²) in [5.41, 5.74) is 0. The first-order chi connectivity index (χ1) is 9.50. The van der Waals surface area contributed by atoms with Crippen molar-refractivity contribution in [3.8, 4) is 0 Å². The Bertz CT molecular complexity index is 571. The first kappa shape index (κ1) is 25.8. The first-order valence-corrected chi connectivity index (χ1v) is 5.87. The summed E-state index contributed by atoms with van der Waals surface area (Å²) in [5.74, 6) is -32.5. The van der Waals surface area contributed by atoms with E-state index in [1.54, 1.807) is 0 Å². The first-order valence-electron chi connectivity index (χ1n) is 4.43. The van der Waals surface area contributed by atoms with Crippen molar-refractivity contribution in [2.45, 2.75) is 35.1 Å². The topological polar surface area (TPSA) is 54.4 Å². The van der Waals surface area contributed by atoms with Gasteiger partial charge in [-0.2, -0.15) is 65.5 Å². The standard InChI is InChI=1S/C6HF13O3S.Li.H/c7-1(8,3(11,12)5(15,16)17)2(9,10)4(13,14)6(18,19)23(20,21)22;;/h(H,20,21,22);;/q;+1;-1. The van der Waals surface area contributed by atoms with Crippen molar-refractivity contribution in [3.63, 3.8) is 0 Å². The van der Waals surface area contributed by atoms with Crippen LogP contribution in [0.3, 0.4) is 0 Å². The molecule has 18 heteroatoms. The van der Waals surface area contributed by atoms with E-state index in [0.717, 1.165) is 0 Å². The molecule has 0 bridgehead atoms. The molecule has 0 aromatic heterocycles. The molecule has 3 nitrogen and oxygen atoms in total. The van der Waals surface area contributed by atoms with Crippen LogP contribution in [-0.2, 0) is 10.1 Å². The van der Waals surface area contributed by atoms with Crippen molar-refractivity contribution < 1.29 is 90.3 Å². The van der Waals surface area contributed by atoms with Crippen LogP contribution in [0, 0.1) is 0 Å². The fraction of sp³-hybridized carbons (Fsp3) is 1.00. The van der Waals surface area contributed by atoms with Gasteiger partial charge in [0.05, 0.1) is 0 Å². The van der Waals surface area contributed by atoms with Gasteiger partial charge in [-0.3, -0.25) is 4.55 Å².